The molecule has 0 N–H and O–H groups in total. The van der Waals surface area contributed by atoms with Gasteiger partial charge in [0.15, 0.2) is 0 Å². The minimum absolute atomic E-state index is 0.00186. The molecule has 3 heteroatoms. The monoisotopic (exact) mass is 230 g/mol. The summed E-state index contributed by atoms with van der Waals surface area (Å²) in [6.45, 7) is 7.53. The molecule has 0 aliphatic carbocycles. The highest BCUT2D eigenvalue weighted by Crippen LogP contribution is 2.33. The molecule has 0 nitrogen and oxygen atoms in total. The van der Waals surface area contributed by atoms with Crippen LogP contribution in [-0.4, -0.2) is 0 Å². The average molecular weight is 230 g/mol. The lowest BCUT2D eigenvalue weighted by Gasteiger charge is -2.19. The third-order valence-electron chi connectivity index (χ3n) is 2.34. The van der Waals surface area contributed by atoms with E-state index in [0.29, 0.717) is 6.42 Å². The summed E-state index contributed by atoms with van der Waals surface area (Å²) >= 11 is 0. The van der Waals surface area contributed by atoms with E-state index in [1.807, 2.05) is 20.8 Å². The van der Waals surface area contributed by atoms with Crippen molar-refractivity contribution in [2.45, 2.75) is 40.3 Å². The van der Waals surface area contributed by atoms with E-state index in [1.165, 1.54) is 13.0 Å². The number of halogens is 3. The number of aryl methyl sites for hydroxylation is 1. The predicted octanol–water partition coefficient (Wildman–Crippen LogP) is 4.60. The van der Waals surface area contributed by atoms with Gasteiger partial charge in [-0.15, -0.1) is 0 Å². The smallest absolute Gasteiger partial charge is 0.166 e. The molecule has 0 atom stereocenters. The first-order valence-electron chi connectivity index (χ1n) is 5.26. The van der Waals surface area contributed by atoms with Crippen molar-refractivity contribution in [3.63, 3.8) is 0 Å². The van der Waals surface area contributed by atoms with Gasteiger partial charge in [-0.3, -0.25) is 0 Å². The van der Waals surface area contributed by atoms with Gasteiger partial charge in [0.2, 0.25) is 0 Å². The Balaban J connectivity index is 3.09. The maximum atomic E-state index is 12.7. The Bertz CT molecular complexity index is 370. The second-order valence-corrected chi connectivity index (χ2v) is 5.38. The van der Waals surface area contributed by atoms with Crippen LogP contribution in [-0.2, 0) is 12.6 Å². The highest BCUT2D eigenvalue weighted by atomic mass is 19.4. The molecule has 0 saturated carbocycles. The number of benzene rings is 1. The van der Waals surface area contributed by atoms with Crippen molar-refractivity contribution in [2.24, 2.45) is 5.41 Å². The summed E-state index contributed by atoms with van der Waals surface area (Å²) in [5.74, 6) is 0. The maximum absolute atomic E-state index is 12.7. The molecule has 1 aromatic carbocycles. The summed E-state index contributed by atoms with van der Waals surface area (Å²) < 4.78 is 38.0. The SMILES string of the molecule is Cc1ccc(CC(C)(C)C)cc1C(F)(F)F. The fraction of sp³-hybridized carbons (Fsp3) is 0.538. The molecule has 0 radical (unpaired) electrons. The van der Waals surface area contributed by atoms with E-state index in [0.717, 1.165) is 5.56 Å². The number of alkyl halides is 3. The molecule has 1 aromatic rings. The Kier molecular flexibility index (Phi) is 3.36. The zero-order chi connectivity index (χ0) is 12.6. The fourth-order valence-corrected chi connectivity index (χ4v) is 1.70. The second-order valence-electron chi connectivity index (χ2n) is 5.38. The highest BCUT2D eigenvalue weighted by molar-refractivity contribution is 5.33. The van der Waals surface area contributed by atoms with Crippen LogP contribution in [0.15, 0.2) is 18.2 Å². The van der Waals surface area contributed by atoms with Crippen LogP contribution in [0.25, 0.3) is 0 Å². The third-order valence-corrected chi connectivity index (χ3v) is 2.34. The van der Waals surface area contributed by atoms with Crippen LogP contribution in [0.5, 0.6) is 0 Å². The molecule has 0 spiro atoms. The van der Waals surface area contributed by atoms with Crippen LogP contribution in [0.3, 0.4) is 0 Å². The molecule has 0 heterocycles. The predicted molar refractivity (Wildman–Crippen MR) is 59.3 cm³/mol. The van der Waals surface area contributed by atoms with Gasteiger partial charge in [-0.1, -0.05) is 32.9 Å². The Morgan fingerprint density at radius 1 is 1.06 bits per heavy atom. The second kappa shape index (κ2) is 4.11. The number of hydrogen-bond donors (Lipinski definition) is 0. The number of rotatable bonds is 1. The Morgan fingerprint density at radius 2 is 1.62 bits per heavy atom. The van der Waals surface area contributed by atoms with Crippen molar-refractivity contribution >= 4 is 0 Å². The van der Waals surface area contributed by atoms with Crippen molar-refractivity contribution in [3.05, 3.63) is 34.9 Å². The molecular weight excluding hydrogens is 213 g/mol. The Hall–Kier alpha value is -0.990. The van der Waals surface area contributed by atoms with Crippen molar-refractivity contribution in [3.8, 4) is 0 Å². The van der Waals surface area contributed by atoms with Crippen LogP contribution in [0.2, 0.25) is 0 Å². The summed E-state index contributed by atoms with van der Waals surface area (Å²) in [6.07, 6.45) is -3.60. The van der Waals surface area contributed by atoms with E-state index < -0.39 is 11.7 Å². The van der Waals surface area contributed by atoms with E-state index in [4.69, 9.17) is 0 Å². The van der Waals surface area contributed by atoms with Gasteiger partial charge >= 0.3 is 6.18 Å². The van der Waals surface area contributed by atoms with Gasteiger partial charge in [0.05, 0.1) is 5.56 Å². The maximum Gasteiger partial charge on any atom is 0.416 e. The summed E-state index contributed by atoms with van der Waals surface area (Å²) in [6, 6.07) is 4.58. The van der Waals surface area contributed by atoms with Crippen LogP contribution < -0.4 is 0 Å². The van der Waals surface area contributed by atoms with Crippen molar-refractivity contribution in [1.82, 2.24) is 0 Å². The van der Waals surface area contributed by atoms with Gasteiger partial charge in [-0.05, 0) is 36.0 Å². The average Bonchev–Trinajstić information content (AvgIpc) is 2.04. The Morgan fingerprint density at radius 3 is 2.06 bits per heavy atom. The molecule has 0 unspecified atom stereocenters. The lowest BCUT2D eigenvalue weighted by Crippen LogP contribution is -2.12. The molecule has 1 rings (SSSR count). The standard InChI is InChI=1S/C13H17F3/c1-9-5-6-10(8-12(2,3)4)7-11(9)13(14,15)16/h5-7H,8H2,1-4H3. The summed E-state index contributed by atoms with van der Waals surface area (Å²) in [5.41, 5.74) is 0.503. The molecule has 0 saturated heterocycles. The van der Waals surface area contributed by atoms with Gasteiger partial charge in [0.1, 0.15) is 0 Å². The minimum atomic E-state index is -4.25. The van der Waals surface area contributed by atoms with Crippen molar-refractivity contribution < 1.29 is 13.2 Å². The molecule has 0 aromatic heterocycles. The lowest BCUT2D eigenvalue weighted by atomic mass is 9.87. The molecule has 16 heavy (non-hydrogen) atoms. The van der Waals surface area contributed by atoms with Crippen molar-refractivity contribution in [1.29, 1.82) is 0 Å². The summed E-state index contributed by atoms with van der Waals surface area (Å²) in [7, 11) is 0. The molecule has 0 aliphatic heterocycles. The Labute approximate surface area is 94.5 Å². The first-order chi connectivity index (χ1) is 7.09. The highest BCUT2D eigenvalue weighted by Gasteiger charge is 2.32. The van der Waals surface area contributed by atoms with E-state index in [-0.39, 0.29) is 11.0 Å². The van der Waals surface area contributed by atoms with Gasteiger partial charge in [0, 0.05) is 0 Å². The van der Waals surface area contributed by atoms with E-state index >= 15 is 0 Å². The van der Waals surface area contributed by atoms with Gasteiger partial charge < -0.3 is 0 Å². The lowest BCUT2D eigenvalue weighted by molar-refractivity contribution is -0.138. The van der Waals surface area contributed by atoms with E-state index in [2.05, 4.69) is 0 Å². The summed E-state index contributed by atoms with van der Waals surface area (Å²) in [4.78, 5) is 0. The van der Waals surface area contributed by atoms with Crippen LogP contribution in [0, 0.1) is 12.3 Å². The first kappa shape index (κ1) is 13.1. The number of hydrogen-bond acceptors (Lipinski definition) is 0. The van der Waals surface area contributed by atoms with Gasteiger partial charge in [0.25, 0.3) is 0 Å². The largest absolute Gasteiger partial charge is 0.416 e. The molecule has 0 bridgehead atoms. The molecule has 0 fully saturated rings. The normalized spacial score (nSPS) is 12.9. The molecule has 90 valence electrons. The van der Waals surface area contributed by atoms with Crippen LogP contribution >= 0.6 is 0 Å². The quantitative estimate of drug-likeness (QED) is 0.661. The van der Waals surface area contributed by atoms with Crippen LogP contribution in [0.4, 0.5) is 13.2 Å². The van der Waals surface area contributed by atoms with Gasteiger partial charge in [-0.2, -0.15) is 13.2 Å². The molecule has 0 amide bonds. The topological polar surface area (TPSA) is 0 Å². The third kappa shape index (κ3) is 3.54. The molecule has 0 aliphatic rings. The van der Waals surface area contributed by atoms with Crippen molar-refractivity contribution in [2.75, 3.05) is 0 Å². The zero-order valence-corrected chi connectivity index (χ0v) is 10.1. The minimum Gasteiger partial charge on any atom is -0.166 e. The first-order valence-corrected chi connectivity index (χ1v) is 5.26. The fourth-order valence-electron chi connectivity index (χ4n) is 1.70. The summed E-state index contributed by atoms with van der Waals surface area (Å²) in [5, 5.41) is 0. The van der Waals surface area contributed by atoms with E-state index in [9.17, 15) is 13.2 Å². The van der Waals surface area contributed by atoms with E-state index in [1.54, 1.807) is 12.1 Å². The zero-order valence-electron chi connectivity index (χ0n) is 10.1. The molecular formula is C13H17F3. The van der Waals surface area contributed by atoms with Gasteiger partial charge in [-0.25, -0.2) is 0 Å². The van der Waals surface area contributed by atoms with Crippen LogP contribution in [0.1, 0.15) is 37.5 Å².